The highest BCUT2D eigenvalue weighted by molar-refractivity contribution is 5.96. The molecule has 1 aromatic carbocycles. The zero-order valence-electron chi connectivity index (χ0n) is 13.2. The van der Waals surface area contributed by atoms with Gasteiger partial charge in [0, 0.05) is 23.6 Å². The van der Waals surface area contributed by atoms with Crippen LogP contribution in [-0.2, 0) is 0 Å². The SMILES string of the molecule is O=[N+]([O-])c1ccc(N/N=C2\C3C4CC5C2C2C3CC4C52)c([N+](=O)[O-])c1. The van der Waals surface area contributed by atoms with Crippen LogP contribution in [0.5, 0.6) is 0 Å². The lowest BCUT2D eigenvalue weighted by atomic mass is 9.59. The third-order valence-corrected chi connectivity index (χ3v) is 7.74. The van der Waals surface area contributed by atoms with Gasteiger partial charge in [-0.15, -0.1) is 0 Å². The molecule has 5 aliphatic rings. The number of hydrogen-bond donors (Lipinski definition) is 1. The Morgan fingerprint density at radius 3 is 2.48 bits per heavy atom. The zero-order valence-corrected chi connectivity index (χ0v) is 13.2. The molecule has 1 N–H and O–H groups in total. The first-order valence-electron chi connectivity index (χ1n) is 8.82. The molecule has 8 atom stereocenters. The minimum absolute atomic E-state index is 0.224. The molecule has 0 aliphatic heterocycles. The lowest BCUT2D eigenvalue weighted by Crippen LogP contribution is -2.44. The van der Waals surface area contributed by atoms with E-state index in [2.05, 4.69) is 10.5 Å². The van der Waals surface area contributed by atoms with Gasteiger partial charge in [-0.2, -0.15) is 5.10 Å². The lowest BCUT2D eigenvalue weighted by molar-refractivity contribution is -0.393. The molecule has 0 spiro atoms. The van der Waals surface area contributed by atoms with Crippen molar-refractivity contribution in [3.05, 3.63) is 38.4 Å². The van der Waals surface area contributed by atoms with Crippen molar-refractivity contribution in [2.24, 2.45) is 52.4 Å². The predicted octanol–water partition coefficient (Wildman–Crippen LogP) is 3.05. The summed E-state index contributed by atoms with van der Waals surface area (Å²) in [5.41, 5.74) is 3.73. The van der Waals surface area contributed by atoms with Gasteiger partial charge < -0.3 is 0 Å². The third kappa shape index (κ3) is 1.43. The van der Waals surface area contributed by atoms with Gasteiger partial charge in [0.25, 0.3) is 5.69 Å². The lowest BCUT2D eigenvalue weighted by Gasteiger charge is -2.44. The largest absolute Gasteiger partial charge is 0.301 e. The van der Waals surface area contributed by atoms with Gasteiger partial charge in [0.15, 0.2) is 0 Å². The van der Waals surface area contributed by atoms with E-state index in [1.54, 1.807) is 0 Å². The third-order valence-electron chi connectivity index (χ3n) is 7.74. The van der Waals surface area contributed by atoms with E-state index < -0.39 is 9.85 Å². The number of hydrogen-bond acceptors (Lipinski definition) is 6. The van der Waals surface area contributed by atoms with Gasteiger partial charge in [-0.3, -0.25) is 25.7 Å². The fourth-order valence-electron chi connectivity index (χ4n) is 7.29. The predicted molar refractivity (Wildman–Crippen MR) is 88.0 cm³/mol. The summed E-state index contributed by atoms with van der Waals surface area (Å²) in [6.07, 6.45) is 2.71. The molecule has 25 heavy (non-hydrogen) atoms. The molecule has 5 fully saturated rings. The van der Waals surface area contributed by atoms with E-state index in [1.807, 2.05) is 0 Å². The van der Waals surface area contributed by atoms with Crippen molar-refractivity contribution in [1.82, 2.24) is 0 Å². The second-order valence-corrected chi connectivity index (χ2v) is 8.20. The Labute approximate surface area is 142 Å². The Kier molecular flexibility index (Phi) is 2.29. The van der Waals surface area contributed by atoms with Gasteiger partial charge in [-0.1, -0.05) is 0 Å². The Balaban J connectivity index is 1.34. The number of anilines is 1. The van der Waals surface area contributed by atoms with E-state index in [-0.39, 0.29) is 17.1 Å². The Morgan fingerprint density at radius 2 is 1.72 bits per heavy atom. The van der Waals surface area contributed by atoms with Crippen molar-refractivity contribution in [2.45, 2.75) is 12.8 Å². The number of nitro groups is 2. The van der Waals surface area contributed by atoms with E-state index in [9.17, 15) is 20.2 Å². The molecule has 1 aromatic rings. The Morgan fingerprint density at radius 1 is 0.960 bits per heavy atom. The topological polar surface area (TPSA) is 111 Å². The van der Waals surface area contributed by atoms with Crippen LogP contribution in [0.15, 0.2) is 23.3 Å². The average Bonchev–Trinajstić information content (AvgIpc) is 3.12. The summed E-state index contributed by atoms with van der Waals surface area (Å²) in [6.45, 7) is 0. The van der Waals surface area contributed by atoms with Crippen LogP contribution in [0.1, 0.15) is 12.8 Å². The molecule has 5 aliphatic carbocycles. The first-order valence-corrected chi connectivity index (χ1v) is 8.82. The maximum absolute atomic E-state index is 11.3. The summed E-state index contributed by atoms with van der Waals surface area (Å²) in [6, 6.07) is 3.64. The first kappa shape index (κ1) is 13.7. The summed E-state index contributed by atoms with van der Waals surface area (Å²) in [5.74, 6) is 6.15. The number of non-ortho nitro benzene ring substituents is 1. The molecule has 8 unspecified atom stereocenters. The van der Waals surface area contributed by atoms with Crippen LogP contribution in [0, 0.1) is 67.6 Å². The normalized spacial score (nSPS) is 45.2. The van der Waals surface area contributed by atoms with Crippen molar-refractivity contribution in [2.75, 3.05) is 5.43 Å². The van der Waals surface area contributed by atoms with E-state index in [0.717, 1.165) is 41.6 Å². The number of benzene rings is 1. The molecular weight excluding hydrogens is 324 g/mol. The zero-order chi connectivity index (χ0) is 17.0. The van der Waals surface area contributed by atoms with Crippen LogP contribution < -0.4 is 5.43 Å². The highest BCUT2D eigenvalue weighted by Gasteiger charge is 2.79. The minimum atomic E-state index is -0.627. The quantitative estimate of drug-likeness (QED) is 0.669. The number of nitrogens with zero attached hydrogens (tertiary/aromatic N) is 3. The van der Waals surface area contributed by atoms with E-state index >= 15 is 0 Å². The molecule has 0 aromatic heterocycles. The van der Waals surface area contributed by atoms with Crippen molar-refractivity contribution in [3.8, 4) is 0 Å². The van der Waals surface area contributed by atoms with Crippen LogP contribution in [-0.4, -0.2) is 15.6 Å². The van der Waals surface area contributed by atoms with Crippen LogP contribution in [0.4, 0.5) is 17.1 Å². The number of nitrogens with one attached hydrogen (secondary N) is 1. The maximum Gasteiger partial charge on any atom is 0.301 e. The fraction of sp³-hybridized carbons (Fsp3) is 0.588. The van der Waals surface area contributed by atoms with Gasteiger partial charge in [0.2, 0.25) is 0 Å². The van der Waals surface area contributed by atoms with Crippen LogP contribution in [0.2, 0.25) is 0 Å². The van der Waals surface area contributed by atoms with Gasteiger partial charge in [-0.25, -0.2) is 0 Å². The van der Waals surface area contributed by atoms with Crippen molar-refractivity contribution in [3.63, 3.8) is 0 Å². The van der Waals surface area contributed by atoms with Crippen molar-refractivity contribution in [1.29, 1.82) is 0 Å². The summed E-state index contributed by atoms with van der Waals surface area (Å²) >= 11 is 0. The van der Waals surface area contributed by atoms with E-state index in [0.29, 0.717) is 11.8 Å². The fourth-order valence-corrected chi connectivity index (χ4v) is 7.29. The first-order chi connectivity index (χ1) is 12.1. The van der Waals surface area contributed by atoms with Gasteiger partial charge in [0.1, 0.15) is 5.69 Å². The molecule has 2 bridgehead atoms. The standard InChI is InChI=1S/C17H16N4O4/c22-20(23)6-1-2-11(12(3-6)21(24)25)18-19-17-14-8-5-9-13-7(8)4-10(14)15(13)16(9)17/h1-3,7-10,13-16,18H,4-5H2/b19-17+. The van der Waals surface area contributed by atoms with Gasteiger partial charge in [0.05, 0.1) is 15.9 Å². The van der Waals surface area contributed by atoms with E-state index in [4.69, 9.17) is 0 Å². The van der Waals surface area contributed by atoms with Crippen LogP contribution in [0.3, 0.4) is 0 Å². The molecule has 0 amide bonds. The molecule has 8 nitrogen and oxygen atoms in total. The van der Waals surface area contributed by atoms with Crippen LogP contribution in [0.25, 0.3) is 0 Å². The number of rotatable bonds is 4. The monoisotopic (exact) mass is 340 g/mol. The number of nitro benzene ring substituents is 2. The average molecular weight is 340 g/mol. The molecule has 0 radical (unpaired) electrons. The number of hydrazone groups is 1. The van der Waals surface area contributed by atoms with Crippen molar-refractivity contribution >= 4 is 22.8 Å². The second kappa shape index (κ2) is 4.17. The summed E-state index contributed by atoms with van der Waals surface area (Å²) in [7, 11) is 0. The molecule has 8 heteroatoms. The molecule has 5 saturated carbocycles. The summed E-state index contributed by atoms with van der Waals surface area (Å²) < 4.78 is 0. The van der Waals surface area contributed by atoms with Gasteiger partial charge >= 0.3 is 5.69 Å². The maximum atomic E-state index is 11.3. The Bertz CT molecular complexity index is 877. The number of fused-ring (bicyclic) bond motifs is 2. The van der Waals surface area contributed by atoms with E-state index in [1.165, 1.54) is 30.7 Å². The van der Waals surface area contributed by atoms with Crippen LogP contribution >= 0.6 is 0 Å². The molecular formula is C17H16N4O4. The molecule has 0 saturated heterocycles. The molecule has 0 heterocycles. The highest BCUT2D eigenvalue weighted by Crippen LogP contribution is 2.81. The smallest absolute Gasteiger partial charge is 0.272 e. The Hall–Kier alpha value is -2.51. The second-order valence-electron chi connectivity index (χ2n) is 8.20. The van der Waals surface area contributed by atoms with Gasteiger partial charge in [-0.05, 0) is 54.4 Å². The van der Waals surface area contributed by atoms with Crippen molar-refractivity contribution < 1.29 is 9.85 Å². The molecule has 6 rings (SSSR count). The highest BCUT2D eigenvalue weighted by atomic mass is 16.6. The summed E-state index contributed by atoms with van der Waals surface area (Å²) in [4.78, 5) is 20.9. The molecule has 128 valence electrons. The summed E-state index contributed by atoms with van der Waals surface area (Å²) in [5, 5.41) is 26.7. The minimum Gasteiger partial charge on any atom is -0.272 e.